The van der Waals surface area contributed by atoms with Gasteiger partial charge >= 0.3 is 5.69 Å². The summed E-state index contributed by atoms with van der Waals surface area (Å²) in [5.74, 6) is -0.254. The van der Waals surface area contributed by atoms with Crippen LogP contribution in [0.5, 0.6) is 0 Å². The summed E-state index contributed by atoms with van der Waals surface area (Å²) in [6.45, 7) is 2.81. The molecule has 0 saturated carbocycles. The van der Waals surface area contributed by atoms with Crippen molar-refractivity contribution in [3.8, 4) is 0 Å². The fraction of sp³-hybridized carbons (Fsp3) is 0.316. The van der Waals surface area contributed by atoms with Gasteiger partial charge in [-0.2, -0.15) is 0 Å². The topological polar surface area (TPSA) is 91.0 Å². The smallest absolute Gasteiger partial charge is 0.326 e. The van der Waals surface area contributed by atoms with E-state index in [2.05, 4.69) is 9.97 Å². The second kappa shape index (κ2) is 6.33. The Hall–Kier alpha value is -3.09. The van der Waals surface area contributed by atoms with Gasteiger partial charge < -0.3 is 14.9 Å². The van der Waals surface area contributed by atoms with Gasteiger partial charge in [-0.1, -0.05) is 12.1 Å². The van der Waals surface area contributed by atoms with Crippen molar-refractivity contribution < 1.29 is 4.79 Å². The van der Waals surface area contributed by atoms with E-state index in [1.165, 1.54) is 0 Å². The van der Waals surface area contributed by atoms with Crippen LogP contribution in [-0.4, -0.2) is 38.4 Å². The number of para-hydroxylation sites is 2. The first kappa shape index (κ1) is 16.4. The Balaban J connectivity index is 1.54. The fourth-order valence-electron chi connectivity index (χ4n) is 3.67. The predicted octanol–water partition coefficient (Wildman–Crippen LogP) is 1.80. The minimum Gasteiger partial charge on any atom is -0.338 e. The van der Waals surface area contributed by atoms with Crippen molar-refractivity contribution >= 4 is 16.9 Å². The lowest BCUT2D eigenvalue weighted by Gasteiger charge is -2.32. The van der Waals surface area contributed by atoms with E-state index >= 15 is 0 Å². The monoisotopic (exact) mass is 352 g/mol. The van der Waals surface area contributed by atoms with Crippen LogP contribution >= 0.6 is 0 Å². The van der Waals surface area contributed by atoms with Crippen molar-refractivity contribution in [1.29, 1.82) is 0 Å². The van der Waals surface area contributed by atoms with Gasteiger partial charge in [0.2, 0.25) is 0 Å². The minimum absolute atomic E-state index is 0.0407. The molecule has 0 atom stereocenters. The SMILES string of the molecule is Cc1ccc(C(=O)N2CCC(n3c(=O)[nH]c4ccccc43)CC2)c(=O)[nH]1. The van der Waals surface area contributed by atoms with Crippen LogP contribution in [0.15, 0.2) is 46.0 Å². The maximum atomic E-state index is 12.6. The van der Waals surface area contributed by atoms with E-state index in [-0.39, 0.29) is 28.8 Å². The highest BCUT2D eigenvalue weighted by molar-refractivity contribution is 5.93. The number of H-pyrrole nitrogens is 2. The Bertz CT molecular complexity index is 1080. The number of imidazole rings is 1. The van der Waals surface area contributed by atoms with Crippen molar-refractivity contribution in [3.63, 3.8) is 0 Å². The zero-order chi connectivity index (χ0) is 18.3. The highest BCUT2D eigenvalue weighted by atomic mass is 16.2. The lowest BCUT2D eigenvalue weighted by Crippen LogP contribution is -2.42. The first-order valence-corrected chi connectivity index (χ1v) is 8.73. The number of nitrogens with one attached hydrogen (secondary N) is 2. The average Bonchev–Trinajstić information content (AvgIpc) is 2.97. The van der Waals surface area contributed by atoms with Crippen molar-refractivity contribution in [1.82, 2.24) is 19.4 Å². The number of hydrogen-bond acceptors (Lipinski definition) is 3. The number of likely N-dealkylation sites (tertiary alicyclic amines) is 1. The third kappa shape index (κ3) is 2.75. The molecule has 7 nitrogen and oxygen atoms in total. The van der Waals surface area contributed by atoms with Crippen LogP contribution in [0.1, 0.15) is 34.9 Å². The molecule has 4 rings (SSSR count). The van der Waals surface area contributed by atoms with Gasteiger partial charge in [0.1, 0.15) is 5.56 Å². The Morgan fingerprint density at radius 1 is 1.04 bits per heavy atom. The van der Waals surface area contributed by atoms with E-state index in [1.54, 1.807) is 28.5 Å². The standard InChI is InChI=1S/C19H20N4O3/c1-12-6-7-14(17(24)20-12)18(25)22-10-8-13(9-11-22)23-16-5-3-2-4-15(16)21-19(23)26/h2-7,13H,8-11H2,1H3,(H,20,24)(H,21,26). The van der Waals surface area contributed by atoms with E-state index in [0.29, 0.717) is 25.9 Å². The lowest BCUT2D eigenvalue weighted by atomic mass is 10.0. The normalized spacial score (nSPS) is 15.5. The number of piperidine rings is 1. The summed E-state index contributed by atoms with van der Waals surface area (Å²) in [5, 5.41) is 0. The van der Waals surface area contributed by atoms with Crippen LogP contribution in [0.3, 0.4) is 0 Å². The van der Waals surface area contributed by atoms with Crippen molar-refractivity contribution in [3.05, 3.63) is 68.5 Å². The van der Waals surface area contributed by atoms with Crippen LogP contribution in [-0.2, 0) is 0 Å². The highest BCUT2D eigenvalue weighted by Gasteiger charge is 2.27. The molecule has 1 amide bonds. The first-order valence-electron chi connectivity index (χ1n) is 8.73. The number of carbonyl (C=O) groups excluding carboxylic acids is 1. The van der Waals surface area contributed by atoms with Crippen molar-refractivity contribution in [2.24, 2.45) is 0 Å². The maximum absolute atomic E-state index is 12.6. The third-order valence-corrected chi connectivity index (χ3v) is 5.03. The maximum Gasteiger partial charge on any atom is 0.326 e. The van der Waals surface area contributed by atoms with E-state index in [4.69, 9.17) is 0 Å². The predicted molar refractivity (Wildman–Crippen MR) is 98.5 cm³/mol. The number of hydrogen-bond donors (Lipinski definition) is 2. The van der Waals surface area contributed by atoms with Gasteiger partial charge in [-0.15, -0.1) is 0 Å². The van der Waals surface area contributed by atoms with Gasteiger partial charge in [-0.05, 0) is 44.0 Å². The minimum atomic E-state index is -0.357. The molecular weight excluding hydrogens is 332 g/mol. The molecule has 1 aromatic carbocycles. The van der Waals surface area contributed by atoms with E-state index in [9.17, 15) is 14.4 Å². The molecule has 7 heteroatoms. The second-order valence-electron chi connectivity index (χ2n) is 6.72. The molecule has 1 aliphatic heterocycles. The molecule has 0 aliphatic carbocycles. The number of fused-ring (bicyclic) bond motifs is 1. The first-order chi connectivity index (χ1) is 12.5. The number of aromatic nitrogens is 3. The summed E-state index contributed by atoms with van der Waals surface area (Å²) >= 11 is 0. The number of benzene rings is 1. The third-order valence-electron chi connectivity index (χ3n) is 5.03. The molecule has 26 heavy (non-hydrogen) atoms. The van der Waals surface area contributed by atoms with Crippen LogP contribution < -0.4 is 11.2 Å². The van der Waals surface area contributed by atoms with Gasteiger partial charge in [-0.25, -0.2) is 4.79 Å². The zero-order valence-electron chi connectivity index (χ0n) is 14.5. The molecule has 0 spiro atoms. The number of carbonyl (C=O) groups is 1. The number of nitrogens with zero attached hydrogens (tertiary/aromatic N) is 2. The van der Waals surface area contributed by atoms with Crippen LogP contribution in [0.2, 0.25) is 0 Å². The second-order valence-corrected chi connectivity index (χ2v) is 6.72. The molecule has 1 fully saturated rings. The van der Waals surface area contributed by atoms with Crippen molar-refractivity contribution in [2.45, 2.75) is 25.8 Å². The Labute approximate surface area is 149 Å². The molecule has 3 aromatic rings. The summed E-state index contributed by atoms with van der Waals surface area (Å²) < 4.78 is 1.79. The molecule has 1 saturated heterocycles. The van der Waals surface area contributed by atoms with Gasteiger partial charge in [0.25, 0.3) is 11.5 Å². The molecule has 0 bridgehead atoms. The number of rotatable bonds is 2. The number of amides is 1. The average molecular weight is 352 g/mol. The van der Waals surface area contributed by atoms with Gasteiger partial charge in [0.15, 0.2) is 0 Å². The molecule has 134 valence electrons. The van der Waals surface area contributed by atoms with Gasteiger partial charge in [0.05, 0.1) is 11.0 Å². The number of aromatic amines is 2. The zero-order valence-corrected chi connectivity index (χ0v) is 14.5. The fourth-order valence-corrected chi connectivity index (χ4v) is 3.67. The van der Waals surface area contributed by atoms with E-state index in [1.807, 2.05) is 24.3 Å². The van der Waals surface area contributed by atoms with Crippen molar-refractivity contribution in [2.75, 3.05) is 13.1 Å². The summed E-state index contributed by atoms with van der Waals surface area (Å²) in [5.41, 5.74) is 2.12. The molecule has 1 aliphatic rings. The van der Waals surface area contributed by atoms with E-state index < -0.39 is 0 Å². The Morgan fingerprint density at radius 2 is 1.77 bits per heavy atom. The molecule has 2 N–H and O–H groups in total. The van der Waals surface area contributed by atoms with Crippen LogP contribution in [0.25, 0.3) is 11.0 Å². The molecule has 0 radical (unpaired) electrons. The number of aryl methyl sites for hydroxylation is 1. The Kier molecular flexibility index (Phi) is 3.99. The van der Waals surface area contributed by atoms with Crippen LogP contribution in [0, 0.1) is 6.92 Å². The summed E-state index contributed by atoms with van der Waals surface area (Å²) in [6, 6.07) is 11.0. The highest BCUT2D eigenvalue weighted by Crippen LogP contribution is 2.25. The van der Waals surface area contributed by atoms with Gasteiger partial charge in [0, 0.05) is 24.8 Å². The van der Waals surface area contributed by atoms with E-state index in [0.717, 1.165) is 16.7 Å². The van der Waals surface area contributed by atoms with Gasteiger partial charge in [-0.3, -0.25) is 14.2 Å². The summed E-state index contributed by atoms with van der Waals surface area (Å²) in [6.07, 6.45) is 1.36. The molecular formula is C19H20N4O3. The summed E-state index contributed by atoms with van der Waals surface area (Å²) in [4.78, 5) is 44.2. The number of pyridine rings is 1. The Morgan fingerprint density at radius 3 is 2.50 bits per heavy atom. The lowest BCUT2D eigenvalue weighted by molar-refractivity contribution is 0.0693. The summed E-state index contributed by atoms with van der Waals surface area (Å²) in [7, 11) is 0. The molecule has 3 heterocycles. The van der Waals surface area contributed by atoms with Crippen LogP contribution in [0.4, 0.5) is 0 Å². The molecule has 2 aromatic heterocycles. The largest absolute Gasteiger partial charge is 0.338 e. The molecule has 0 unspecified atom stereocenters. The quantitative estimate of drug-likeness (QED) is 0.737.